The van der Waals surface area contributed by atoms with E-state index in [1.807, 2.05) is 0 Å². The van der Waals surface area contributed by atoms with Crippen LogP contribution in [0.15, 0.2) is 0 Å². The van der Waals surface area contributed by atoms with Gasteiger partial charge in [-0.25, -0.2) is 4.79 Å². The van der Waals surface area contributed by atoms with Crippen molar-refractivity contribution in [2.45, 2.75) is 18.0 Å². The van der Waals surface area contributed by atoms with Gasteiger partial charge in [-0.2, -0.15) is 5.11 Å². The van der Waals surface area contributed by atoms with Crippen LogP contribution in [0.25, 0.3) is 0 Å². The summed E-state index contributed by atoms with van der Waals surface area (Å²) in [4.78, 5) is 10.4. The Morgan fingerprint density at radius 1 is 1.64 bits per heavy atom. The fraction of sp³-hybridized carbons (Fsp3) is 0.800. The molecule has 6 heteroatoms. The molecule has 1 aliphatic heterocycles. The number of esters is 1. The highest BCUT2D eigenvalue weighted by Gasteiger charge is 2.57. The van der Waals surface area contributed by atoms with Gasteiger partial charge in [0.25, 0.3) is 0 Å². The van der Waals surface area contributed by atoms with Crippen molar-refractivity contribution in [2.75, 3.05) is 6.61 Å². The summed E-state index contributed by atoms with van der Waals surface area (Å²) in [7, 11) is 0. The second-order valence-electron chi connectivity index (χ2n) is 2.27. The monoisotopic (exact) mass is 163 g/mol. The summed E-state index contributed by atoms with van der Waals surface area (Å²) in [6.07, 6.45) is -3.22. The van der Waals surface area contributed by atoms with E-state index in [4.69, 9.17) is 15.3 Å². The van der Waals surface area contributed by atoms with Crippen molar-refractivity contribution in [2.24, 2.45) is 0 Å². The molecule has 1 aliphatic rings. The first kappa shape index (κ1) is 8.41. The highest BCUT2D eigenvalue weighted by molar-refractivity contribution is 5.80. The first-order valence-electron chi connectivity index (χ1n) is 2.93. The van der Waals surface area contributed by atoms with Gasteiger partial charge in [-0.15, -0.1) is 0 Å². The molecule has 1 rings (SSSR count). The molecule has 0 aromatic heterocycles. The van der Waals surface area contributed by atoms with Crippen molar-refractivity contribution in [3.8, 4) is 0 Å². The van der Waals surface area contributed by atoms with E-state index in [1.165, 1.54) is 0 Å². The first-order valence-corrected chi connectivity index (χ1v) is 2.93. The molecular formula is C5H7O6. The third-order valence-corrected chi connectivity index (χ3v) is 1.48. The van der Waals surface area contributed by atoms with E-state index in [-0.39, 0.29) is 0 Å². The lowest BCUT2D eigenvalue weighted by molar-refractivity contribution is -0.237. The molecule has 0 unspecified atom stereocenters. The Balaban J connectivity index is 2.80. The maximum absolute atomic E-state index is 10.7. The van der Waals surface area contributed by atoms with E-state index in [0.717, 1.165) is 0 Å². The second kappa shape index (κ2) is 2.42. The molecule has 0 aromatic rings. The van der Waals surface area contributed by atoms with Gasteiger partial charge in [0, 0.05) is 0 Å². The van der Waals surface area contributed by atoms with Gasteiger partial charge in [0.2, 0.25) is 0 Å². The number of rotatable bonds is 1. The van der Waals surface area contributed by atoms with Crippen molar-refractivity contribution >= 4 is 5.97 Å². The molecule has 1 radical (unpaired) electrons. The van der Waals surface area contributed by atoms with Crippen LogP contribution in [0, 0.1) is 0 Å². The van der Waals surface area contributed by atoms with Crippen LogP contribution in [-0.4, -0.2) is 45.9 Å². The largest absolute Gasteiger partial charge is 0.453 e. The van der Waals surface area contributed by atoms with Crippen molar-refractivity contribution in [3.63, 3.8) is 0 Å². The van der Waals surface area contributed by atoms with E-state index in [1.54, 1.807) is 0 Å². The van der Waals surface area contributed by atoms with Gasteiger partial charge in [0.1, 0.15) is 0 Å². The molecule has 1 saturated heterocycles. The average Bonchev–Trinajstić information content (AvgIpc) is 2.14. The average molecular weight is 163 g/mol. The summed E-state index contributed by atoms with van der Waals surface area (Å²) < 4.78 is 4.14. The lowest BCUT2D eigenvalue weighted by Gasteiger charge is -2.12. The Morgan fingerprint density at radius 2 is 2.18 bits per heavy atom. The molecule has 6 nitrogen and oxygen atoms in total. The molecule has 11 heavy (non-hydrogen) atoms. The Labute approximate surface area is 61.6 Å². The van der Waals surface area contributed by atoms with Crippen LogP contribution >= 0.6 is 0 Å². The number of hydrogen-bond acceptors (Lipinski definition) is 5. The molecule has 0 aromatic carbocycles. The molecule has 63 valence electrons. The molecule has 0 bridgehead atoms. The van der Waals surface area contributed by atoms with Crippen molar-refractivity contribution in [3.05, 3.63) is 0 Å². The quantitative estimate of drug-likeness (QED) is 0.290. The normalized spacial score (nSPS) is 35.5. The minimum absolute atomic E-state index is 0.683. The maximum atomic E-state index is 10.7. The Hall–Kier alpha value is -0.690. The molecule has 3 N–H and O–H groups in total. The number of carbonyl (C=O) groups is 1. The molecule has 0 spiro atoms. The number of carbonyl (C=O) groups excluding carboxylic acids is 1. The van der Waals surface area contributed by atoms with Crippen molar-refractivity contribution in [1.82, 2.24) is 0 Å². The van der Waals surface area contributed by atoms with E-state index < -0.39 is 30.6 Å². The number of aliphatic hydroxyl groups is 3. The molecule has 0 aliphatic carbocycles. The molecule has 1 fully saturated rings. The fourth-order valence-electron chi connectivity index (χ4n) is 0.796. The second-order valence-corrected chi connectivity index (χ2v) is 2.27. The lowest BCUT2D eigenvalue weighted by Crippen LogP contribution is -2.45. The van der Waals surface area contributed by atoms with Crippen LogP contribution in [-0.2, 0) is 14.6 Å². The van der Waals surface area contributed by atoms with Crippen LogP contribution in [0.4, 0.5) is 0 Å². The summed E-state index contributed by atoms with van der Waals surface area (Å²) >= 11 is 0. The molecule has 3 atom stereocenters. The number of cyclic esters (lactones) is 1. The third-order valence-electron chi connectivity index (χ3n) is 1.48. The minimum atomic E-state index is -3.13. The highest BCUT2D eigenvalue weighted by atomic mass is 16.6. The van der Waals surface area contributed by atoms with Crippen LogP contribution in [0.3, 0.4) is 0 Å². The minimum Gasteiger partial charge on any atom is -0.453 e. The smallest absolute Gasteiger partial charge is 0.373 e. The van der Waals surface area contributed by atoms with Gasteiger partial charge in [-0.1, -0.05) is 0 Å². The number of hydrogen-bond donors (Lipinski definition) is 3. The Morgan fingerprint density at radius 3 is 2.36 bits per heavy atom. The number of aliphatic hydroxyl groups excluding tert-OH is 2. The summed E-state index contributed by atoms with van der Waals surface area (Å²) in [5.41, 5.74) is 0. The van der Waals surface area contributed by atoms with Gasteiger partial charge < -0.3 is 20.1 Å². The van der Waals surface area contributed by atoms with Gasteiger partial charge in [0.15, 0.2) is 12.2 Å². The predicted octanol–water partition coefficient (Wildman–Crippen LogP) is -2.62. The summed E-state index contributed by atoms with van der Waals surface area (Å²) in [6.45, 7) is -0.683. The van der Waals surface area contributed by atoms with Gasteiger partial charge in [-0.05, 0) is 0 Å². The highest BCUT2D eigenvalue weighted by Crippen LogP contribution is 2.23. The SMILES string of the molecule is [O][C@@]1(O)C(=O)O[C@H](CO)[C@H]1O. The molecule has 0 amide bonds. The lowest BCUT2D eigenvalue weighted by atomic mass is 10.1. The van der Waals surface area contributed by atoms with Gasteiger partial charge in [0.05, 0.1) is 6.61 Å². The zero-order valence-corrected chi connectivity index (χ0v) is 5.43. The van der Waals surface area contributed by atoms with Crippen LogP contribution in [0.1, 0.15) is 0 Å². The molecule has 0 saturated carbocycles. The van der Waals surface area contributed by atoms with Crippen molar-refractivity contribution < 1.29 is 30.0 Å². The van der Waals surface area contributed by atoms with E-state index >= 15 is 0 Å². The summed E-state index contributed by atoms with van der Waals surface area (Å²) in [5.74, 6) is -4.59. The van der Waals surface area contributed by atoms with Crippen LogP contribution in [0.5, 0.6) is 0 Å². The zero-order valence-electron chi connectivity index (χ0n) is 5.43. The van der Waals surface area contributed by atoms with Crippen LogP contribution < -0.4 is 0 Å². The van der Waals surface area contributed by atoms with Gasteiger partial charge in [-0.3, -0.25) is 0 Å². The molecule has 1 heterocycles. The van der Waals surface area contributed by atoms with Crippen LogP contribution in [0.2, 0.25) is 0 Å². The zero-order chi connectivity index (χ0) is 8.65. The first-order chi connectivity index (χ1) is 5.00. The van der Waals surface area contributed by atoms with Gasteiger partial charge >= 0.3 is 11.8 Å². The predicted molar refractivity (Wildman–Crippen MR) is 28.6 cm³/mol. The summed E-state index contributed by atoms with van der Waals surface area (Å²) in [5, 5.41) is 36.5. The third kappa shape index (κ3) is 1.10. The number of ether oxygens (including phenoxy) is 1. The van der Waals surface area contributed by atoms with Crippen molar-refractivity contribution in [1.29, 1.82) is 0 Å². The van der Waals surface area contributed by atoms with E-state index in [9.17, 15) is 9.90 Å². The standard InChI is InChI=1S/C5H7O6/c6-1-2-3(7)5(9,10)4(8)11-2/h2-3,6-7,9H,1H2/t2-,3-,5-/m1/s1. The maximum Gasteiger partial charge on any atom is 0.373 e. The Bertz CT molecular complexity index is 176. The Kier molecular flexibility index (Phi) is 1.85. The fourth-order valence-corrected chi connectivity index (χ4v) is 0.796. The summed E-state index contributed by atoms with van der Waals surface area (Å²) in [6, 6.07) is 0. The van der Waals surface area contributed by atoms with E-state index in [0.29, 0.717) is 0 Å². The van der Waals surface area contributed by atoms with E-state index in [2.05, 4.69) is 4.74 Å². The molecular weight excluding hydrogens is 156 g/mol. The topological polar surface area (TPSA) is 107 Å².